The smallest absolute Gasteiger partial charge is 0.253 e. The van der Waals surface area contributed by atoms with Crippen molar-refractivity contribution in [3.63, 3.8) is 0 Å². The first-order valence-corrected chi connectivity index (χ1v) is 10.9. The largest absolute Gasteiger partial charge is 0.338 e. The number of guanidine groups is 1. The van der Waals surface area contributed by atoms with E-state index >= 15 is 0 Å². The van der Waals surface area contributed by atoms with E-state index in [9.17, 15) is 9.18 Å². The van der Waals surface area contributed by atoms with E-state index in [-0.39, 0.29) is 23.7 Å². The lowest BCUT2D eigenvalue weighted by Crippen LogP contribution is -2.50. The van der Waals surface area contributed by atoms with E-state index in [1.807, 2.05) is 25.7 Å². The summed E-state index contributed by atoms with van der Waals surface area (Å²) in [6.45, 7) is 13.0. The molecule has 30 heavy (non-hydrogen) atoms. The van der Waals surface area contributed by atoms with E-state index < -0.39 is 0 Å². The number of aliphatic imine (C=N–C) groups is 1. The minimum absolute atomic E-state index is 0.0326. The monoisotopic (exact) mass is 417 g/mol. The first-order valence-electron chi connectivity index (χ1n) is 10.9. The maximum Gasteiger partial charge on any atom is 0.253 e. The summed E-state index contributed by atoms with van der Waals surface area (Å²) in [5.74, 6) is 1.06. The second kappa shape index (κ2) is 10.6. The number of hydrogen-bond acceptors (Lipinski definition) is 5. The van der Waals surface area contributed by atoms with Gasteiger partial charge in [-0.1, -0.05) is 20.8 Å². The van der Waals surface area contributed by atoms with Crippen molar-refractivity contribution >= 4 is 11.9 Å². The Bertz CT molecular complexity index is 797. The highest BCUT2D eigenvalue weighted by atomic mass is 19.1. The van der Waals surface area contributed by atoms with Crippen LogP contribution in [0.3, 0.4) is 0 Å². The molecule has 1 fully saturated rings. The van der Waals surface area contributed by atoms with Crippen LogP contribution in [0.5, 0.6) is 0 Å². The Labute approximate surface area is 180 Å². The Morgan fingerprint density at radius 2 is 1.87 bits per heavy atom. The van der Waals surface area contributed by atoms with Crippen LogP contribution in [-0.4, -0.2) is 42.9 Å². The van der Waals surface area contributed by atoms with Crippen LogP contribution in [0.4, 0.5) is 4.39 Å². The molecular formula is C23H36FN5O. The van der Waals surface area contributed by atoms with Gasteiger partial charge in [-0.2, -0.15) is 0 Å². The highest BCUT2D eigenvalue weighted by Crippen LogP contribution is 2.30. The van der Waals surface area contributed by atoms with Gasteiger partial charge in [-0.25, -0.2) is 14.8 Å². The van der Waals surface area contributed by atoms with Crippen LogP contribution in [0.1, 0.15) is 55.6 Å². The molecule has 3 N–H and O–H groups in total. The van der Waals surface area contributed by atoms with Gasteiger partial charge < -0.3 is 10.2 Å². The molecule has 0 bridgehead atoms. The number of piperidine rings is 1. The number of benzene rings is 1. The number of hydrazine groups is 1. The van der Waals surface area contributed by atoms with E-state index in [2.05, 4.69) is 34.2 Å². The Hall–Kier alpha value is -2.41. The van der Waals surface area contributed by atoms with Gasteiger partial charge in [-0.3, -0.25) is 10.2 Å². The van der Waals surface area contributed by atoms with Gasteiger partial charge in [0.15, 0.2) is 0 Å². The van der Waals surface area contributed by atoms with E-state index in [4.69, 9.17) is 0 Å². The molecule has 3 rings (SSSR count). The number of halogens is 1. The zero-order chi connectivity index (χ0) is 22.4. The summed E-state index contributed by atoms with van der Waals surface area (Å²) in [5.41, 5.74) is 8.57. The molecule has 2 aliphatic heterocycles. The van der Waals surface area contributed by atoms with Crippen molar-refractivity contribution in [3.8, 4) is 0 Å². The predicted octanol–water partition coefficient (Wildman–Crippen LogP) is 3.52. The number of amides is 1. The van der Waals surface area contributed by atoms with Gasteiger partial charge in [-0.15, -0.1) is 0 Å². The highest BCUT2D eigenvalue weighted by Gasteiger charge is 2.33. The number of carbonyl (C=O) groups excluding carboxylic acids is 1. The maximum absolute atomic E-state index is 13.9. The van der Waals surface area contributed by atoms with Crippen molar-refractivity contribution < 1.29 is 9.18 Å². The molecule has 0 saturated carbocycles. The first kappa shape index (κ1) is 23.9. The Kier molecular flexibility index (Phi) is 8.41. The normalized spacial score (nSPS) is 23.5. The molecule has 0 aromatic heterocycles. The summed E-state index contributed by atoms with van der Waals surface area (Å²) in [7, 11) is 1.79. The summed E-state index contributed by atoms with van der Waals surface area (Å²) in [4.78, 5) is 19.5. The predicted molar refractivity (Wildman–Crippen MR) is 121 cm³/mol. The summed E-state index contributed by atoms with van der Waals surface area (Å²) in [6.07, 6.45) is 3.05. The second-order valence-electron chi connectivity index (χ2n) is 7.89. The zero-order valence-corrected chi connectivity index (χ0v) is 19.3. The molecule has 1 aromatic carbocycles. The summed E-state index contributed by atoms with van der Waals surface area (Å²) in [5, 5.41) is 3.36. The number of nitrogens with one attached hydrogen (secondary N) is 3. The topological polar surface area (TPSA) is 68.8 Å². The third-order valence-corrected chi connectivity index (χ3v) is 5.59. The number of hydrogen-bond donors (Lipinski definition) is 3. The number of carbonyl (C=O) groups is 1. The molecule has 6 nitrogen and oxygen atoms in total. The highest BCUT2D eigenvalue weighted by molar-refractivity contribution is 5.94. The third kappa shape index (κ3) is 5.39. The summed E-state index contributed by atoms with van der Waals surface area (Å²) in [6, 6.07) is 3.37. The van der Waals surface area contributed by atoms with Gasteiger partial charge >= 0.3 is 0 Å². The molecule has 1 amide bonds. The number of nitrogens with zero attached hydrogens (tertiary/aromatic N) is 2. The molecule has 0 radical (unpaired) electrons. The van der Waals surface area contributed by atoms with Crippen LogP contribution in [0.25, 0.3) is 0 Å². The van der Waals surface area contributed by atoms with Crippen LogP contribution in [0, 0.1) is 31.5 Å². The average Bonchev–Trinajstić information content (AvgIpc) is 2.72. The van der Waals surface area contributed by atoms with Gasteiger partial charge in [0.2, 0.25) is 5.96 Å². The molecule has 2 aliphatic rings. The Morgan fingerprint density at radius 3 is 2.47 bits per heavy atom. The third-order valence-electron chi connectivity index (χ3n) is 5.59. The number of rotatable bonds is 3. The van der Waals surface area contributed by atoms with Gasteiger partial charge in [0.1, 0.15) is 5.82 Å². The van der Waals surface area contributed by atoms with Crippen molar-refractivity contribution in [2.24, 2.45) is 16.8 Å². The van der Waals surface area contributed by atoms with Crippen LogP contribution < -0.4 is 16.2 Å². The van der Waals surface area contributed by atoms with Crippen LogP contribution in [-0.2, 0) is 0 Å². The molecular weight excluding hydrogens is 381 g/mol. The van der Waals surface area contributed by atoms with E-state index in [1.54, 1.807) is 33.0 Å². The van der Waals surface area contributed by atoms with Crippen molar-refractivity contribution in [2.45, 2.75) is 54.0 Å². The lowest BCUT2D eigenvalue weighted by Gasteiger charge is -2.39. The molecule has 0 aliphatic carbocycles. The fraction of sp³-hybridized carbons (Fsp3) is 0.565. The molecule has 166 valence electrons. The quantitative estimate of drug-likeness (QED) is 0.658. The van der Waals surface area contributed by atoms with Gasteiger partial charge in [0.05, 0.1) is 6.04 Å². The molecule has 0 spiro atoms. The summed E-state index contributed by atoms with van der Waals surface area (Å²) >= 11 is 0. The van der Waals surface area contributed by atoms with E-state index in [1.165, 1.54) is 0 Å². The van der Waals surface area contributed by atoms with Gasteiger partial charge in [0.25, 0.3) is 5.91 Å². The Morgan fingerprint density at radius 1 is 1.23 bits per heavy atom. The van der Waals surface area contributed by atoms with Crippen LogP contribution in [0.2, 0.25) is 0 Å². The van der Waals surface area contributed by atoms with Crippen molar-refractivity contribution in [1.82, 2.24) is 21.1 Å². The van der Waals surface area contributed by atoms with Gasteiger partial charge in [-0.05, 0) is 62.4 Å². The molecule has 1 saturated heterocycles. The van der Waals surface area contributed by atoms with Crippen LogP contribution >= 0.6 is 0 Å². The lowest BCUT2D eigenvalue weighted by atomic mass is 9.83. The summed E-state index contributed by atoms with van der Waals surface area (Å²) < 4.78 is 13.9. The lowest BCUT2D eigenvalue weighted by molar-refractivity contribution is 0.0638. The van der Waals surface area contributed by atoms with Crippen molar-refractivity contribution in [3.05, 3.63) is 46.4 Å². The number of likely N-dealkylation sites (tertiary alicyclic amines) is 1. The molecule has 7 heteroatoms. The standard InChI is InChI=1S/C21H30FN5O.C2H6/c1-12-6-7-27(20(28)16-8-13(2)19(22)14(3)9-16)11-17(12)18-10-15(4)24-21(25-18)26-23-5;1-2/h8-10,12,15,17,23H,6-7,11H2,1-5H3,(H2,24,25,26);1-2H3/t12?,15?,17-;/m1./s1. The second-order valence-corrected chi connectivity index (χ2v) is 7.89. The number of aryl methyl sites for hydroxylation is 2. The molecule has 2 heterocycles. The van der Waals surface area contributed by atoms with Crippen molar-refractivity contribution in [2.75, 3.05) is 20.1 Å². The Balaban J connectivity index is 0.00000155. The minimum Gasteiger partial charge on any atom is -0.338 e. The van der Waals surface area contributed by atoms with Gasteiger partial charge in [0, 0.05) is 37.3 Å². The minimum atomic E-state index is -0.240. The van der Waals surface area contributed by atoms with E-state index in [0.29, 0.717) is 41.7 Å². The SMILES string of the molecule is CC.CNNC1=NC(C)C=C([C@@H]2CN(C(=O)c3cc(C)c(F)c(C)c3)CCC2C)N1. The molecule has 3 atom stereocenters. The van der Waals surface area contributed by atoms with Crippen LogP contribution in [0.15, 0.2) is 28.9 Å². The zero-order valence-electron chi connectivity index (χ0n) is 19.3. The van der Waals surface area contributed by atoms with E-state index in [0.717, 1.165) is 12.1 Å². The average molecular weight is 418 g/mol. The van der Waals surface area contributed by atoms with Crippen molar-refractivity contribution in [1.29, 1.82) is 0 Å². The maximum atomic E-state index is 13.9. The fourth-order valence-corrected chi connectivity index (χ4v) is 4.02. The molecule has 1 aromatic rings. The first-order chi connectivity index (χ1) is 14.3. The fourth-order valence-electron chi connectivity index (χ4n) is 4.02. The molecule has 2 unspecified atom stereocenters.